The van der Waals surface area contributed by atoms with E-state index in [1.165, 1.54) is 12.8 Å². The average Bonchev–Trinajstić information content (AvgIpc) is 2.31. The molecule has 0 amide bonds. The average molecular weight is 320 g/mol. The third-order valence-electron chi connectivity index (χ3n) is 1.65. The molecule has 0 heterocycles. The zero-order valence-electron chi connectivity index (χ0n) is 7.29. The summed E-state index contributed by atoms with van der Waals surface area (Å²) >= 11 is 1.58. The van der Waals surface area contributed by atoms with Gasteiger partial charge in [-0.2, -0.15) is 0 Å². The Balaban J connectivity index is -0.000000333. The van der Waals surface area contributed by atoms with Crippen LogP contribution in [0.5, 0.6) is 0 Å². The predicted octanol–water partition coefficient (Wildman–Crippen LogP) is 3.98. The summed E-state index contributed by atoms with van der Waals surface area (Å²) in [6, 6.07) is 0. The van der Waals surface area contributed by atoms with Gasteiger partial charge in [0, 0.05) is 0 Å². The molecule has 1 aliphatic rings. The van der Waals surface area contributed by atoms with Gasteiger partial charge in [-0.25, -0.2) is 0 Å². The van der Waals surface area contributed by atoms with Crippen LogP contribution in [-0.4, -0.2) is 0 Å². The van der Waals surface area contributed by atoms with E-state index < -0.39 is 0 Å². The van der Waals surface area contributed by atoms with Gasteiger partial charge in [0.2, 0.25) is 0 Å². The molecular weight excluding hydrogens is 306 g/mol. The number of hydrogen-bond donors (Lipinski definition) is 0. The van der Waals surface area contributed by atoms with E-state index in [0.717, 1.165) is 6.42 Å². The second-order valence-electron chi connectivity index (χ2n) is 2.44. The molecule has 0 saturated heterocycles. The molecule has 1 aliphatic carbocycles. The molecule has 0 nitrogen and oxygen atoms in total. The molecule has 1 rings (SSSR count). The molecule has 0 N–H and O–H groups in total. The van der Waals surface area contributed by atoms with Crippen molar-refractivity contribution in [1.29, 1.82) is 0 Å². The Kier molecular flexibility index (Phi) is 16.6. The van der Waals surface area contributed by atoms with Crippen LogP contribution in [0.2, 0.25) is 0 Å². The van der Waals surface area contributed by atoms with Crippen LogP contribution in [0.15, 0.2) is 33.7 Å². The minimum Gasteiger partial charge on any atom is -0.147 e. The van der Waals surface area contributed by atoms with E-state index in [-0.39, 0.29) is 37.2 Å². The Labute approximate surface area is 114 Å². The summed E-state index contributed by atoms with van der Waals surface area (Å²) in [6.07, 6.45) is 10.0. The number of hydrogen-bond acceptors (Lipinski definition) is 0. The monoisotopic (exact) mass is 317 g/mol. The minimum absolute atomic E-state index is 0. The molecule has 0 bridgehead atoms. The van der Waals surface area contributed by atoms with Crippen molar-refractivity contribution in [2.75, 3.05) is 0 Å². The summed E-state index contributed by atoms with van der Waals surface area (Å²) in [4.78, 5) is 0. The summed E-state index contributed by atoms with van der Waals surface area (Å²) in [6.45, 7) is 3.71. The maximum atomic E-state index is 3.71. The van der Waals surface area contributed by atoms with Crippen LogP contribution in [0.25, 0.3) is 0 Å². The Morgan fingerprint density at radius 2 is 2.00 bits per heavy atom. The zero-order chi connectivity index (χ0) is 7.40. The van der Waals surface area contributed by atoms with Gasteiger partial charge in [0.25, 0.3) is 0 Å². The Morgan fingerprint density at radius 3 is 2.38 bits per heavy atom. The molecule has 13 heavy (non-hydrogen) atoms. The minimum atomic E-state index is 0. The van der Waals surface area contributed by atoms with E-state index in [1.54, 1.807) is 33.6 Å². The van der Waals surface area contributed by atoms with Crippen LogP contribution >= 0.6 is 37.2 Å². The molecule has 4 heteroatoms. The van der Waals surface area contributed by atoms with Crippen molar-refractivity contribution in [3.05, 3.63) is 33.7 Å². The molecule has 0 radical (unpaired) electrons. The first-order valence-corrected chi connectivity index (χ1v) is 4.78. The van der Waals surface area contributed by atoms with Gasteiger partial charge in [-0.3, -0.25) is 0 Å². The molecule has 0 fully saturated rings. The maximum absolute atomic E-state index is 3.71. The fourth-order valence-electron chi connectivity index (χ4n) is 1.04. The Hall–Kier alpha value is 0.973. The van der Waals surface area contributed by atoms with E-state index in [4.69, 9.17) is 0 Å². The van der Waals surface area contributed by atoms with Crippen LogP contribution in [-0.2, 0) is 24.7 Å². The zero-order valence-corrected chi connectivity index (χ0v) is 12.2. The fraction of sp³-hybridized carbons (Fsp3) is 0.333. The van der Waals surface area contributed by atoms with Crippen LogP contribution in [0.3, 0.4) is 0 Å². The van der Waals surface area contributed by atoms with Gasteiger partial charge in [-0.05, 0) is 0 Å². The first-order valence-electron chi connectivity index (χ1n) is 3.55. The first-order chi connectivity index (χ1) is 4.84. The van der Waals surface area contributed by atoms with E-state index in [0.29, 0.717) is 0 Å². The van der Waals surface area contributed by atoms with Crippen molar-refractivity contribution in [3.8, 4) is 0 Å². The molecular formula is C9H14Cl3Zr. The second-order valence-corrected chi connectivity index (χ2v) is 3.92. The largest absolute Gasteiger partial charge is 0.147 e. The third kappa shape index (κ3) is 6.97. The quantitative estimate of drug-likeness (QED) is 0.690. The van der Waals surface area contributed by atoms with Crippen LogP contribution in [0.1, 0.15) is 19.3 Å². The van der Waals surface area contributed by atoms with Gasteiger partial charge < -0.3 is 0 Å². The summed E-state index contributed by atoms with van der Waals surface area (Å²) in [7, 11) is 0. The SMILES string of the molecule is C=CCCC1=[C]([Zr])CC=C1.Cl.Cl.Cl. The van der Waals surface area contributed by atoms with Crippen molar-refractivity contribution in [2.45, 2.75) is 19.3 Å². The van der Waals surface area contributed by atoms with E-state index in [9.17, 15) is 0 Å². The normalized spacial score (nSPS) is 12.5. The first kappa shape index (κ1) is 19.5. The summed E-state index contributed by atoms with van der Waals surface area (Å²) in [5.74, 6) is 0. The summed E-state index contributed by atoms with van der Waals surface area (Å²) < 4.78 is 1.62. The third-order valence-corrected chi connectivity index (χ3v) is 2.94. The molecule has 75 valence electrons. The van der Waals surface area contributed by atoms with Crippen molar-refractivity contribution in [2.24, 2.45) is 0 Å². The molecule has 0 aromatic rings. The van der Waals surface area contributed by atoms with E-state index >= 15 is 0 Å². The summed E-state index contributed by atoms with van der Waals surface area (Å²) in [5.41, 5.74) is 1.55. The van der Waals surface area contributed by atoms with Crippen LogP contribution in [0, 0.1) is 0 Å². The van der Waals surface area contributed by atoms with E-state index in [2.05, 4.69) is 18.7 Å². The molecule has 0 unspecified atom stereocenters. The smallest absolute Gasteiger partial charge is 0.147 e. The van der Waals surface area contributed by atoms with Gasteiger partial charge in [0.1, 0.15) is 0 Å². The maximum Gasteiger partial charge on any atom is -0.147 e. The van der Waals surface area contributed by atoms with Crippen molar-refractivity contribution in [3.63, 3.8) is 0 Å². The molecule has 0 aromatic carbocycles. The predicted molar refractivity (Wildman–Crippen MR) is 62.0 cm³/mol. The number of halogens is 3. The molecule has 0 aromatic heterocycles. The fourth-order valence-corrected chi connectivity index (χ4v) is 1.84. The van der Waals surface area contributed by atoms with Gasteiger partial charge >= 0.3 is 77.6 Å². The van der Waals surface area contributed by atoms with Crippen molar-refractivity contribution < 1.29 is 24.7 Å². The van der Waals surface area contributed by atoms with E-state index in [1.807, 2.05) is 6.08 Å². The summed E-state index contributed by atoms with van der Waals surface area (Å²) in [5, 5.41) is 0. The standard InChI is InChI=1S/C9H11.3ClH.Zr/c1-2-3-6-9-7-4-5-8-9;;;;/h2,4,7H,1,3,5-6H2;3*1H;. The van der Waals surface area contributed by atoms with Gasteiger partial charge in [0.05, 0.1) is 0 Å². The van der Waals surface area contributed by atoms with Gasteiger partial charge in [0.15, 0.2) is 0 Å². The molecule has 0 saturated carbocycles. The molecule has 0 atom stereocenters. The van der Waals surface area contributed by atoms with Crippen molar-refractivity contribution >= 4 is 37.2 Å². The number of allylic oxidation sites excluding steroid dienone is 5. The topological polar surface area (TPSA) is 0 Å². The Bertz CT molecular complexity index is 197. The van der Waals surface area contributed by atoms with Gasteiger partial charge in [-0.1, -0.05) is 0 Å². The second kappa shape index (κ2) is 11.1. The molecule has 0 spiro atoms. The van der Waals surface area contributed by atoms with Crippen LogP contribution < -0.4 is 0 Å². The number of rotatable bonds is 3. The van der Waals surface area contributed by atoms with Crippen LogP contribution in [0.4, 0.5) is 0 Å². The van der Waals surface area contributed by atoms with Gasteiger partial charge in [-0.15, -0.1) is 37.2 Å². The molecule has 0 aliphatic heterocycles. The van der Waals surface area contributed by atoms with Crippen molar-refractivity contribution in [1.82, 2.24) is 0 Å². The Morgan fingerprint density at radius 1 is 1.38 bits per heavy atom.